The number of aromatic nitrogens is 2. The molecule has 0 aromatic carbocycles. The molecule has 2 N–H and O–H groups in total. The summed E-state index contributed by atoms with van der Waals surface area (Å²) < 4.78 is 5.00. The van der Waals surface area contributed by atoms with Crippen LogP contribution in [-0.4, -0.2) is 43.5 Å². The fraction of sp³-hybridized carbons (Fsp3) is 0.556. The monoisotopic (exact) mass is 228 g/mol. The Labute approximate surface area is 94.0 Å². The second kappa shape index (κ2) is 5.77. The first-order chi connectivity index (χ1) is 7.17. The molecular formula is C9H16N4OS. The molecule has 0 amide bonds. The highest BCUT2D eigenvalue weighted by Gasteiger charge is 2.06. The lowest BCUT2D eigenvalue weighted by Gasteiger charge is -2.18. The Morgan fingerprint density at radius 2 is 2.27 bits per heavy atom. The van der Waals surface area contributed by atoms with Gasteiger partial charge in [-0.2, -0.15) is 0 Å². The van der Waals surface area contributed by atoms with Gasteiger partial charge in [-0.3, -0.25) is 0 Å². The Bertz CT molecular complexity index is 321. The van der Waals surface area contributed by atoms with Crippen molar-refractivity contribution in [2.45, 2.75) is 5.16 Å². The molecule has 1 heterocycles. The molecule has 1 aromatic heterocycles. The third-order valence-corrected chi connectivity index (χ3v) is 2.46. The zero-order chi connectivity index (χ0) is 11.3. The number of likely N-dealkylation sites (N-methyl/N-ethyl adjacent to an activating group) is 1. The number of nitrogen functional groups attached to an aromatic ring is 1. The second-order valence-electron chi connectivity index (χ2n) is 3.05. The highest BCUT2D eigenvalue weighted by atomic mass is 32.2. The van der Waals surface area contributed by atoms with E-state index in [4.69, 9.17) is 10.5 Å². The molecule has 0 saturated heterocycles. The van der Waals surface area contributed by atoms with Gasteiger partial charge in [-0.1, -0.05) is 11.8 Å². The standard InChI is InChI=1S/C9H16N4OS/c1-13(4-5-14-2)8-6-7(10)11-9(12-8)15-3/h6H,4-5H2,1-3H3,(H2,10,11,12). The van der Waals surface area contributed by atoms with Crippen LogP contribution < -0.4 is 10.6 Å². The minimum absolute atomic E-state index is 0.494. The van der Waals surface area contributed by atoms with Crippen molar-refractivity contribution >= 4 is 23.4 Å². The van der Waals surface area contributed by atoms with Gasteiger partial charge in [-0.15, -0.1) is 0 Å². The molecular weight excluding hydrogens is 212 g/mol. The third-order valence-electron chi connectivity index (χ3n) is 1.92. The Balaban J connectivity index is 2.78. The first-order valence-corrected chi connectivity index (χ1v) is 5.78. The number of hydrogen-bond acceptors (Lipinski definition) is 6. The molecule has 84 valence electrons. The molecule has 0 fully saturated rings. The Morgan fingerprint density at radius 3 is 2.87 bits per heavy atom. The number of anilines is 2. The van der Waals surface area contributed by atoms with Crippen LogP contribution >= 0.6 is 11.8 Å². The molecule has 0 aliphatic heterocycles. The first-order valence-electron chi connectivity index (χ1n) is 4.56. The summed E-state index contributed by atoms with van der Waals surface area (Å²) in [6, 6.07) is 1.76. The van der Waals surface area contributed by atoms with Crippen LogP contribution in [0.25, 0.3) is 0 Å². The Kier molecular flexibility index (Phi) is 4.64. The predicted octanol–water partition coefficient (Wildman–Crippen LogP) is 0.863. The molecule has 0 spiro atoms. The lowest BCUT2D eigenvalue weighted by molar-refractivity contribution is 0.206. The van der Waals surface area contributed by atoms with E-state index in [1.165, 1.54) is 11.8 Å². The third kappa shape index (κ3) is 3.56. The number of nitrogens with two attached hydrogens (primary N) is 1. The van der Waals surface area contributed by atoms with Gasteiger partial charge < -0.3 is 15.4 Å². The maximum absolute atomic E-state index is 5.68. The number of nitrogens with zero attached hydrogens (tertiary/aromatic N) is 3. The van der Waals surface area contributed by atoms with E-state index in [0.717, 1.165) is 12.4 Å². The van der Waals surface area contributed by atoms with Gasteiger partial charge in [-0.25, -0.2) is 9.97 Å². The van der Waals surface area contributed by atoms with E-state index >= 15 is 0 Å². The van der Waals surface area contributed by atoms with Crippen LogP contribution in [0, 0.1) is 0 Å². The first kappa shape index (κ1) is 12.1. The van der Waals surface area contributed by atoms with Gasteiger partial charge in [0.15, 0.2) is 5.16 Å². The van der Waals surface area contributed by atoms with E-state index in [9.17, 15) is 0 Å². The van der Waals surface area contributed by atoms with Gasteiger partial charge in [0.1, 0.15) is 11.6 Å². The molecule has 15 heavy (non-hydrogen) atoms. The number of hydrogen-bond donors (Lipinski definition) is 1. The molecule has 0 radical (unpaired) electrons. The molecule has 0 unspecified atom stereocenters. The van der Waals surface area contributed by atoms with Crippen molar-refractivity contribution in [3.63, 3.8) is 0 Å². The molecule has 0 aliphatic carbocycles. The van der Waals surface area contributed by atoms with Crippen molar-refractivity contribution in [2.75, 3.05) is 44.2 Å². The summed E-state index contributed by atoms with van der Waals surface area (Å²) in [7, 11) is 3.63. The van der Waals surface area contributed by atoms with E-state index in [1.54, 1.807) is 13.2 Å². The minimum Gasteiger partial charge on any atom is -0.383 e. The van der Waals surface area contributed by atoms with Crippen molar-refractivity contribution in [1.82, 2.24) is 9.97 Å². The summed E-state index contributed by atoms with van der Waals surface area (Å²) >= 11 is 1.48. The molecule has 0 bridgehead atoms. The van der Waals surface area contributed by atoms with Crippen molar-refractivity contribution in [1.29, 1.82) is 0 Å². The summed E-state index contributed by atoms with van der Waals surface area (Å²) in [5.74, 6) is 1.32. The fourth-order valence-electron chi connectivity index (χ4n) is 1.06. The van der Waals surface area contributed by atoms with E-state index in [2.05, 4.69) is 9.97 Å². The summed E-state index contributed by atoms with van der Waals surface area (Å²) in [5.41, 5.74) is 5.68. The summed E-state index contributed by atoms with van der Waals surface area (Å²) in [4.78, 5) is 10.4. The molecule has 0 atom stereocenters. The van der Waals surface area contributed by atoms with Gasteiger partial charge >= 0.3 is 0 Å². The highest BCUT2D eigenvalue weighted by molar-refractivity contribution is 7.98. The Hall–Kier alpha value is -1.01. The zero-order valence-electron chi connectivity index (χ0n) is 9.23. The second-order valence-corrected chi connectivity index (χ2v) is 3.83. The van der Waals surface area contributed by atoms with Crippen LogP contribution in [0.2, 0.25) is 0 Å². The van der Waals surface area contributed by atoms with Crippen LogP contribution in [0.3, 0.4) is 0 Å². The molecule has 0 aliphatic rings. The van der Waals surface area contributed by atoms with Crippen molar-refractivity contribution < 1.29 is 4.74 Å². The Morgan fingerprint density at radius 1 is 1.53 bits per heavy atom. The number of thioether (sulfide) groups is 1. The molecule has 1 rings (SSSR count). The largest absolute Gasteiger partial charge is 0.383 e. The van der Waals surface area contributed by atoms with E-state index < -0.39 is 0 Å². The van der Waals surface area contributed by atoms with Crippen molar-refractivity contribution in [2.24, 2.45) is 0 Å². The van der Waals surface area contributed by atoms with Crippen LogP contribution in [-0.2, 0) is 4.74 Å². The maximum atomic E-state index is 5.68. The molecule has 1 aromatic rings. The fourth-order valence-corrected chi connectivity index (χ4v) is 1.44. The number of ether oxygens (including phenoxy) is 1. The molecule has 0 saturated carbocycles. The van der Waals surface area contributed by atoms with Crippen molar-refractivity contribution in [3.8, 4) is 0 Å². The SMILES string of the molecule is COCCN(C)c1cc(N)nc(SC)n1. The quantitative estimate of drug-likeness (QED) is 0.596. The lowest BCUT2D eigenvalue weighted by atomic mass is 10.5. The van der Waals surface area contributed by atoms with Crippen LogP contribution in [0.15, 0.2) is 11.2 Å². The highest BCUT2D eigenvalue weighted by Crippen LogP contribution is 2.17. The van der Waals surface area contributed by atoms with E-state index in [-0.39, 0.29) is 0 Å². The normalized spacial score (nSPS) is 10.3. The zero-order valence-corrected chi connectivity index (χ0v) is 10.0. The number of methoxy groups -OCH3 is 1. The number of rotatable bonds is 5. The van der Waals surface area contributed by atoms with E-state index in [0.29, 0.717) is 17.6 Å². The smallest absolute Gasteiger partial charge is 0.191 e. The van der Waals surface area contributed by atoms with Gasteiger partial charge in [0.05, 0.1) is 6.61 Å². The topological polar surface area (TPSA) is 64.3 Å². The molecule has 5 nitrogen and oxygen atoms in total. The maximum Gasteiger partial charge on any atom is 0.191 e. The average molecular weight is 228 g/mol. The summed E-state index contributed by atoms with van der Waals surface area (Å²) in [6.45, 7) is 1.44. The van der Waals surface area contributed by atoms with Gasteiger partial charge in [0, 0.05) is 26.8 Å². The summed E-state index contributed by atoms with van der Waals surface area (Å²) in [6.07, 6.45) is 1.92. The lowest BCUT2D eigenvalue weighted by Crippen LogP contribution is -2.23. The average Bonchev–Trinajstić information content (AvgIpc) is 2.24. The minimum atomic E-state index is 0.494. The predicted molar refractivity (Wildman–Crippen MR) is 63.4 cm³/mol. The van der Waals surface area contributed by atoms with Crippen LogP contribution in [0.1, 0.15) is 0 Å². The van der Waals surface area contributed by atoms with Gasteiger partial charge in [0.25, 0.3) is 0 Å². The van der Waals surface area contributed by atoms with Crippen LogP contribution in [0.5, 0.6) is 0 Å². The van der Waals surface area contributed by atoms with Crippen LogP contribution in [0.4, 0.5) is 11.6 Å². The van der Waals surface area contributed by atoms with Crippen molar-refractivity contribution in [3.05, 3.63) is 6.07 Å². The molecule has 6 heteroatoms. The van der Waals surface area contributed by atoms with Gasteiger partial charge in [0.2, 0.25) is 0 Å². The summed E-state index contributed by atoms with van der Waals surface area (Å²) in [5, 5.41) is 0.689. The van der Waals surface area contributed by atoms with Gasteiger partial charge in [-0.05, 0) is 6.26 Å². The van der Waals surface area contributed by atoms with E-state index in [1.807, 2.05) is 18.2 Å².